The molecule has 0 aliphatic heterocycles. The zero-order chi connectivity index (χ0) is 27.0. The normalized spacial score (nSPS) is 12.3. The molecule has 0 amide bonds. The summed E-state index contributed by atoms with van der Waals surface area (Å²) in [5.74, 6) is 0. The standard InChI is InChI=1S/C24H38O6S5Si2/c1-25-36(26-2,27-3)19-11-15-21-13-7-9-17-23(21)31-33-35-34-32-24-18-10-8-14-22(24)16-12-20-37(28-4,29-5)30-6/h7-10,13-14,17-18H,11-12,15-16,19-20H2,1-6H3. The van der Waals surface area contributed by atoms with Gasteiger partial charge in [-0.05, 0) is 100 Å². The van der Waals surface area contributed by atoms with Crippen LogP contribution in [0.15, 0.2) is 58.3 Å². The zero-order valence-electron chi connectivity index (χ0n) is 22.4. The Balaban J connectivity index is 1.80. The third kappa shape index (κ3) is 11.1. The molecule has 0 aliphatic rings. The molecule has 0 atom stereocenters. The van der Waals surface area contributed by atoms with Gasteiger partial charge in [0.05, 0.1) is 0 Å². The molecular weight excluding hydrogens is 601 g/mol. The van der Waals surface area contributed by atoms with Gasteiger partial charge in [-0.15, -0.1) is 0 Å². The summed E-state index contributed by atoms with van der Waals surface area (Å²) in [5.41, 5.74) is 2.69. The SMILES string of the molecule is CO[Si](CCCc1ccccc1SSSSSc1ccccc1CCC[Si](OC)(OC)OC)(OC)OC. The molecule has 0 aromatic heterocycles. The van der Waals surface area contributed by atoms with Crippen molar-refractivity contribution in [1.82, 2.24) is 0 Å². The van der Waals surface area contributed by atoms with Gasteiger partial charge in [0.25, 0.3) is 0 Å². The fourth-order valence-corrected chi connectivity index (χ4v) is 15.9. The Labute approximate surface area is 243 Å². The lowest BCUT2D eigenvalue weighted by molar-refractivity contribution is 0.122. The third-order valence-corrected chi connectivity index (χ3v) is 20.1. The molecule has 208 valence electrons. The Morgan fingerprint density at radius 2 is 0.865 bits per heavy atom. The van der Waals surface area contributed by atoms with Crippen LogP contribution in [0, 0.1) is 0 Å². The first-order valence-electron chi connectivity index (χ1n) is 11.8. The van der Waals surface area contributed by atoms with Crippen molar-refractivity contribution in [2.75, 3.05) is 42.7 Å². The van der Waals surface area contributed by atoms with Gasteiger partial charge >= 0.3 is 17.6 Å². The first-order valence-corrected chi connectivity index (χ1v) is 21.8. The number of hydrogen-bond acceptors (Lipinski definition) is 11. The molecular formula is C24H38O6S5Si2. The minimum Gasteiger partial charge on any atom is -0.377 e. The quantitative estimate of drug-likeness (QED) is 0.0804. The molecule has 2 aromatic carbocycles. The highest BCUT2D eigenvalue weighted by Crippen LogP contribution is 2.53. The Kier molecular flexibility index (Phi) is 17.0. The van der Waals surface area contributed by atoms with Gasteiger partial charge in [-0.2, -0.15) is 0 Å². The van der Waals surface area contributed by atoms with Gasteiger partial charge in [0, 0.05) is 64.5 Å². The van der Waals surface area contributed by atoms with Gasteiger partial charge in [0.2, 0.25) is 0 Å². The van der Waals surface area contributed by atoms with Crippen molar-refractivity contribution in [2.45, 2.75) is 47.6 Å². The van der Waals surface area contributed by atoms with Crippen molar-refractivity contribution in [1.29, 1.82) is 0 Å². The molecule has 0 saturated heterocycles. The van der Waals surface area contributed by atoms with Crippen molar-refractivity contribution >= 4 is 68.7 Å². The fraction of sp³-hybridized carbons (Fsp3) is 0.500. The number of benzene rings is 2. The predicted molar refractivity (Wildman–Crippen MR) is 167 cm³/mol. The van der Waals surface area contributed by atoms with Crippen molar-refractivity contribution in [2.24, 2.45) is 0 Å². The number of aryl methyl sites for hydroxylation is 2. The van der Waals surface area contributed by atoms with Crippen LogP contribution < -0.4 is 0 Å². The second kappa shape index (κ2) is 18.7. The Bertz CT molecular complexity index is 817. The van der Waals surface area contributed by atoms with Crippen LogP contribution >= 0.6 is 51.1 Å². The molecule has 0 N–H and O–H groups in total. The Morgan fingerprint density at radius 1 is 0.514 bits per heavy atom. The molecule has 13 heteroatoms. The molecule has 0 unspecified atom stereocenters. The molecule has 0 saturated carbocycles. The van der Waals surface area contributed by atoms with Crippen LogP contribution in [-0.2, 0) is 39.4 Å². The number of hydrogen-bond donors (Lipinski definition) is 0. The van der Waals surface area contributed by atoms with Crippen molar-refractivity contribution < 1.29 is 26.6 Å². The summed E-state index contributed by atoms with van der Waals surface area (Å²) in [7, 11) is 14.0. The number of rotatable bonds is 20. The molecule has 6 nitrogen and oxygen atoms in total. The van der Waals surface area contributed by atoms with E-state index in [4.69, 9.17) is 26.6 Å². The van der Waals surface area contributed by atoms with Crippen molar-refractivity contribution in [3.8, 4) is 0 Å². The molecule has 2 aromatic rings. The molecule has 0 spiro atoms. The monoisotopic (exact) mass is 638 g/mol. The van der Waals surface area contributed by atoms with Gasteiger partial charge < -0.3 is 26.6 Å². The first kappa shape index (κ1) is 33.6. The van der Waals surface area contributed by atoms with Crippen LogP contribution in [0.1, 0.15) is 24.0 Å². The van der Waals surface area contributed by atoms with Gasteiger partial charge in [0.1, 0.15) is 0 Å². The summed E-state index contributed by atoms with van der Waals surface area (Å²) in [5, 5.41) is 0. The van der Waals surface area contributed by atoms with Crippen LogP contribution in [-0.4, -0.2) is 60.3 Å². The molecule has 37 heavy (non-hydrogen) atoms. The Morgan fingerprint density at radius 3 is 1.22 bits per heavy atom. The average Bonchev–Trinajstić information content (AvgIpc) is 2.95. The van der Waals surface area contributed by atoms with E-state index >= 15 is 0 Å². The van der Waals surface area contributed by atoms with Gasteiger partial charge in [-0.1, -0.05) is 36.4 Å². The minimum absolute atomic E-state index is 0.800. The van der Waals surface area contributed by atoms with Crippen LogP contribution in [0.3, 0.4) is 0 Å². The zero-order valence-corrected chi connectivity index (χ0v) is 28.4. The fourth-order valence-electron chi connectivity index (χ4n) is 3.80. The van der Waals surface area contributed by atoms with Crippen LogP contribution in [0.25, 0.3) is 0 Å². The maximum atomic E-state index is 5.55. The van der Waals surface area contributed by atoms with E-state index in [0.717, 1.165) is 37.8 Å². The van der Waals surface area contributed by atoms with E-state index in [0.29, 0.717) is 0 Å². The van der Waals surface area contributed by atoms with E-state index in [9.17, 15) is 0 Å². The third-order valence-electron chi connectivity index (χ3n) is 5.97. The van der Waals surface area contributed by atoms with E-state index in [1.165, 1.54) is 20.9 Å². The lowest BCUT2D eigenvalue weighted by atomic mass is 10.1. The highest BCUT2D eigenvalue weighted by molar-refractivity contribution is 9.35. The topological polar surface area (TPSA) is 55.4 Å². The van der Waals surface area contributed by atoms with E-state index < -0.39 is 17.6 Å². The molecule has 0 bridgehead atoms. The van der Waals surface area contributed by atoms with Gasteiger partial charge in [0.15, 0.2) is 0 Å². The summed E-state index contributed by atoms with van der Waals surface area (Å²) in [6.07, 6.45) is 3.85. The van der Waals surface area contributed by atoms with Gasteiger partial charge in [-0.25, -0.2) is 0 Å². The van der Waals surface area contributed by atoms with E-state index in [1.807, 2.05) is 21.6 Å². The maximum absolute atomic E-state index is 5.55. The van der Waals surface area contributed by atoms with Crippen molar-refractivity contribution in [3.63, 3.8) is 0 Å². The molecule has 0 aliphatic carbocycles. The highest BCUT2D eigenvalue weighted by atomic mass is 33.8. The molecule has 0 radical (unpaired) electrons. The van der Waals surface area contributed by atoms with E-state index in [-0.39, 0.29) is 0 Å². The summed E-state index contributed by atoms with van der Waals surface area (Å²) in [6, 6.07) is 18.8. The smallest absolute Gasteiger partial charge is 0.377 e. The average molecular weight is 639 g/mol. The van der Waals surface area contributed by atoms with Gasteiger partial charge in [-0.3, -0.25) is 0 Å². The summed E-state index contributed by atoms with van der Waals surface area (Å²) >= 11 is 0. The second-order valence-corrected chi connectivity index (χ2v) is 21.6. The second-order valence-electron chi connectivity index (χ2n) is 7.88. The van der Waals surface area contributed by atoms with Crippen LogP contribution in [0.5, 0.6) is 0 Å². The van der Waals surface area contributed by atoms with E-state index in [2.05, 4.69) is 48.5 Å². The van der Waals surface area contributed by atoms with Crippen LogP contribution in [0.2, 0.25) is 12.1 Å². The summed E-state index contributed by atoms with van der Waals surface area (Å²) in [6.45, 7) is 0. The molecule has 2 rings (SSSR count). The lowest BCUT2D eigenvalue weighted by Crippen LogP contribution is -2.42. The minimum atomic E-state index is -2.52. The predicted octanol–water partition coefficient (Wildman–Crippen LogP) is 8.05. The largest absolute Gasteiger partial charge is 0.500 e. The molecule has 0 fully saturated rings. The molecule has 0 heterocycles. The summed E-state index contributed by atoms with van der Waals surface area (Å²) < 4.78 is 33.3. The lowest BCUT2D eigenvalue weighted by Gasteiger charge is -2.24. The Hall–Kier alpha value is 0.384. The first-order chi connectivity index (χ1) is 18.0. The van der Waals surface area contributed by atoms with E-state index in [1.54, 1.807) is 72.1 Å². The maximum Gasteiger partial charge on any atom is 0.500 e. The summed E-state index contributed by atoms with van der Waals surface area (Å²) in [4.78, 5) is 2.60. The van der Waals surface area contributed by atoms with Crippen molar-refractivity contribution in [3.05, 3.63) is 59.7 Å². The van der Waals surface area contributed by atoms with Crippen LogP contribution in [0.4, 0.5) is 0 Å². The highest BCUT2D eigenvalue weighted by Gasteiger charge is 2.37.